The number of benzene rings is 1. The molecule has 0 atom stereocenters. The summed E-state index contributed by atoms with van der Waals surface area (Å²) in [6.07, 6.45) is 8.50. The molecule has 0 saturated carbocycles. The maximum Gasteiger partial charge on any atom is 0.234 e. The maximum absolute atomic E-state index is 5.74. The summed E-state index contributed by atoms with van der Waals surface area (Å²) >= 11 is 0. The fourth-order valence-electron chi connectivity index (χ4n) is 1.96. The molecule has 0 aromatic heterocycles. The van der Waals surface area contributed by atoms with Gasteiger partial charge in [-0.3, -0.25) is 4.99 Å². The minimum Gasteiger partial charge on any atom is -0.477 e. The van der Waals surface area contributed by atoms with Crippen LogP contribution in [0.3, 0.4) is 0 Å². The van der Waals surface area contributed by atoms with Gasteiger partial charge in [0.05, 0.1) is 6.61 Å². The molecule has 3 heteroatoms. The summed E-state index contributed by atoms with van der Waals surface area (Å²) in [6.45, 7) is 8.54. The first-order valence-corrected chi connectivity index (χ1v) is 8.77. The summed E-state index contributed by atoms with van der Waals surface area (Å²) in [7, 11) is 0. The zero-order chi connectivity index (χ0) is 16.8. The van der Waals surface area contributed by atoms with Crippen molar-refractivity contribution in [2.24, 2.45) is 9.98 Å². The van der Waals surface area contributed by atoms with Gasteiger partial charge in [-0.1, -0.05) is 63.1 Å². The molecule has 0 bridgehead atoms. The first-order chi connectivity index (χ1) is 11.3. The van der Waals surface area contributed by atoms with Crippen molar-refractivity contribution < 1.29 is 4.74 Å². The fraction of sp³-hybridized carbons (Fsp3) is 0.500. The third kappa shape index (κ3) is 8.34. The van der Waals surface area contributed by atoms with Gasteiger partial charge in [-0.15, -0.1) is 0 Å². The fourth-order valence-corrected chi connectivity index (χ4v) is 1.96. The number of nitrogens with zero attached hydrogens (tertiary/aromatic N) is 2. The van der Waals surface area contributed by atoms with Crippen LogP contribution < -0.4 is 0 Å². The van der Waals surface area contributed by atoms with Crippen LogP contribution in [0.15, 0.2) is 46.4 Å². The number of hydrogen-bond donors (Lipinski definition) is 0. The second kappa shape index (κ2) is 12.6. The highest BCUT2D eigenvalue weighted by Crippen LogP contribution is 2.04. The molecule has 0 spiro atoms. The second-order valence-electron chi connectivity index (χ2n) is 5.34. The second-order valence-corrected chi connectivity index (χ2v) is 5.34. The van der Waals surface area contributed by atoms with Gasteiger partial charge in [0.15, 0.2) is 0 Å². The molecule has 0 radical (unpaired) electrons. The van der Waals surface area contributed by atoms with E-state index in [1.165, 1.54) is 0 Å². The average Bonchev–Trinajstić information content (AvgIpc) is 2.58. The third-order valence-electron chi connectivity index (χ3n) is 3.29. The SMILES string of the molecule is CCCCN=C(/C=C/c1ccccc1)C(=NCCCC)OCC. The van der Waals surface area contributed by atoms with Crippen molar-refractivity contribution in [3.63, 3.8) is 0 Å². The smallest absolute Gasteiger partial charge is 0.234 e. The van der Waals surface area contributed by atoms with Gasteiger partial charge in [0, 0.05) is 13.1 Å². The van der Waals surface area contributed by atoms with Crippen molar-refractivity contribution >= 4 is 17.7 Å². The Bertz CT molecular complexity index is 504. The van der Waals surface area contributed by atoms with E-state index in [9.17, 15) is 0 Å². The van der Waals surface area contributed by atoms with Crippen molar-refractivity contribution in [2.75, 3.05) is 19.7 Å². The molecular weight excluding hydrogens is 284 g/mol. The van der Waals surface area contributed by atoms with E-state index in [4.69, 9.17) is 9.73 Å². The van der Waals surface area contributed by atoms with Gasteiger partial charge in [0.1, 0.15) is 5.71 Å². The number of rotatable bonds is 10. The van der Waals surface area contributed by atoms with Gasteiger partial charge in [0.25, 0.3) is 0 Å². The predicted octanol–water partition coefficient (Wildman–Crippen LogP) is 5.18. The molecule has 0 aliphatic rings. The Balaban J connectivity index is 2.93. The molecule has 0 aliphatic heterocycles. The van der Waals surface area contributed by atoms with E-state index in [1.54, 1.807) is 0 Å². The van der Waals surface area contributed by atoms with Gasteiger partial charge < -0.3 is 4.74 Å². The van der Waals surface area contributed by atoms with E-state index in [1.807, 2.05) is 31.2 Å². The van der Waals surface area contributed by atoms with Crippen LogP contribution in [0.4, 0.5) is 0 Å². The molecule has 0 amide bonds. The third-order valence-corrected chi connectivity index (χ3v) is 3.29. The molecule has 23 heavy (non-hydrogen) atoms. The average molecular weight is 314 g/mol. The van der Waals surface area contributed by atoms with E-state index >= 15 is 0 Å². The van der Waals surface area contributed by atoms with Crippen LogP contribution in [0.5, 0.6) is 0 Å². The topological polar surface area (TPSA) is 34.0 Å². The zero-order valence-electron chi connectivity index (χ0n) is 14.8. The van der Waals surface area contributed by atoms with Gasteiger partial charge in [-0.25, -0.2) is 4.99 Å². The number of aliphatic imine (C=N–C) groups is 2. The zero-order valence-corrected chi connectivity index (χ0v) is 14.8. The number of hydrogen-bond acceptors (Lipinski definition) is 3. The normalized spacial score (nSPS) is 12.8. The Morgan fingerprint density at radius 2 is 1.61 bits per heavy atom. The van der Waals surface area contributed by atoms with E-state index < -0.39 is 0 Å². The number of unbranched alkanes of at least 4 members (excludes halogenated alkanes) is 2. The van der Waals surface area contributed by atoms with Crippen LogP contribution in [0.2, 0.25) is 0 Å². The van der Waals surface area contributed by atoms with Crippen LogP contribution >= 0.6 is 0 Å². The Morgan fingerprint density at radius 3 is 2.22 bits per heavy atom. The summed E-state index contributed by atoms with van der Waals surface area (Å²) in [5.41, 5.74) is 2.00. The lowest BCUT2D eigenvalue weighted by atomic mass is 10.2. The molecule has 1 aromatic rings. The van der Waals surface area contributed by atoms with E-state index in [2.05, 4.69) is 37.0 Å². The highest BCUT2D eigenvalue weighted by Gasteiger charge is 2.07. The number of ether oxygens (including phenoxy) is 1. The molecule has 3 nitrogen and oxygen atoms in total. The Kier molecular flexibility index (Phi) is 10.5. The van der Waals surface area contributed by atoms with Crippen molar-refractivity contribution in [3.05, 3.63) is 42.0 Å². The molecule has 1 rings (SSSR count). The predicted molar refractivity (Wildman–Crippen MR) is 102 cm³/mol. The standard InChI is InChI=1S/C20H30N2O/c1-4-7-16-21-19(15-14-18-12-10-9-11-13-18)20(23-6-3)22-17-8-5-2/h9-15H,4-8,16-17H2,1-3H3/b15-14+,21-19?,22-20?. The maximum atomic E-state index is 5.74. The van der Waals surface area contributed by atoms with Crippen molar-refractivity contribution in [1.29, 1.82) is 0 Å². The minimum absolute atomic E-state index is 0.608. The summed E-state index contributed by atoms with van der Waals surface area (Å²) in [5.74, 6) is 0.671. The lowest BCUT2D eigenvalue weighted by Gasteiger charge is -2.08. The Morgan fingerprint density at radius 1 is 0.957 bits per heavy atom. The summed E-state index contributed by atoms with van der Waals surface area (Å²) in [4.78, 5) is 9.31. The van der Waals surface area contributed by atoms with Crippen molar-refractivity contribution in [2.45, 2.75) is 46.5 Å². The molecule has 0 fully saturated rings. The molecule has 0 heterocycles. The van der Waals surface area contributed by atoms with Crippen LogP contribution in [-0.2, 0) is 4.74 Å². The van der Waals surface area contributed by atoms with Crippen LogP contribution in [0.25, 0.3) is 6.08 Å². The van der Waals surface area contributed by atoms with Crippen molar-refractivity contribution in [1.82, 2.24) is 0 Å². The Labute approximate surface area is 141 Å². The summed E-state index contributed by atoms with van der Waals surface area (Å²) < 4.78 is 5.74. The van der Waals surface area contributed by atoms with Crippen LogP contribution in [0.1, 0.15) is 52.0 Å². The molecule has 0 aliphatic carbocycles. The highest BCUT2D eigenvalue weighted by atomic mass is 16.5. The molecular formula is C20H30N2O. The Hall–Kier alpha value is -1.90. The highest BCUT2D eigenvalue weighted by molar-refractivity contribution is 6.44. The summed E-state index contributed by atoms with van der Waals surface area (Å²) in [5, 5.41) is 0. The summed E-state index contributed by atoms with van der Waals surface area (Å²) in [6, 6.07) is 10.2. The minimum atomic E-state index is 0.608. The molecule has 0 saturated heterocycles. The largest absolute Gasteiger partial charge is 0.477 e. The van der Waals surface area contributed by atoms with Gasteiger partial charge in [0.2, 0.25) is 5.90 Å². The monoisotopic (exact) mass is 314 g/mol. The lowest BCUT2D eigenvalue weighted by molar-refractivity contribution is 0.332. The van der Waals surface area contributed by atoms with Crippen LogP contribution in [-0.4, -0.2) is 31.3 Å². The van der Waals surface area contributed by atoms with E-state index in [0.29, 0.717) is 12.5 Å². The first kappa shape index (κ1) is 19.1. The van der Waals surface area contributed by atoms with Crippen LogP contribution in [0, 0.1) is 0 Å². The van der Waals surface area contributed by atoms with Gasteiger partial charge in [-0.2, -0.15) is 0 Å². The molecule has 0 unspecified atom stereocenters. The molecule has 126 valence electrons. The first-order valence-electron chi connectivity index (χ1n) is 8.77. The van der Waals surface area contributed by atoms with E-state index in [-0.39, 0.29) is 0 Å². The quantitative estimate of drug-likeness (QED) is 0.333. The van der Waals surface area contributed by atoms with E-state index in [0.717, 1.165) is 50.0 Å². The molecule has 1 aromatic carbocycles. The lowest BCUT2D eigenvalue weighted by Crippen LogP contribution is -2.17. The van der Waals surface area contributed by atoms with Crippen molar-refractivity contribution in [3.8, 4) is 0 Å². The molecule has 0 N–H and O–H groups in total. The van der Waals surface area contributed by atoms with Gasteiger partial charge >= 0.3 is 0 Å². The van der Waals surface area contributed by atoms with Gasteiger partial charge in [-0.05, 0) is 31.4 Å².